The van der Waals surface area contributed by atoms with Crippen LogP contribution < -0.4 is 16.0 Å². The molecule has 4 N–H and O–H groups in total. The number of carbonyl (C=O) groups is 5. The van der Waals surface area contributed by atoms with Gasteiger partial charge in [-0.15, -0.1) is 0 Å². The van der Waals surface area contributed by atoms with Crippen LogP contribution in [0, 0.1) is 23.7 Å². The largest absolute Gasteiger partial charge is 0.480 e. The Morgan fingerprint density at radius 2 is 1.54 bits per heavy atom. The predicted octanol–water partition coefficient (Wildman–Crippen LogP) is 3.10. The van der Waals surface area contributed by atoms with E-state index in [-0.39, 0.29) is 48.3 Å². The van der Waals surface area contributed by atoms with Gasteiger partial charge in [0.25, 0.3) is 0 Å². The topological polar surface area (TPSA) is 167 Å². The van der Waals surface area contributed by atoms with Crippen LogP contribution >= 0.6 is 0 Å². The van der Waals surface area contributed by atoms with Gasteiger partial charge in [0.2, 0.25) is 23.6 Å². The molecule has 13 nitrogen and oxygen atoms in total. The number of ether oxygens (including phenoxy) is 2. The number of likely N-dealkylation sites (tertiary alicyclic amines) is 1. The highest BCUT2D eigenvalue weighted by molar-refractivity contribution is 5.90. The van der Waals surface area contributed by atoms with Crippen LogP contribution in [0.5, 0.6) is 0 Å². The lowest BCUT2D eigenvalue weighted by Gasteiger charge is -2.41. The van der Waals surface area contributed by atoms with Gasteiger partial charge in [-0.3, -0.25) is 19.2 Å². The lowest BCUT2D eigenvalue weighted by Crippen LogP contribution is -2.59. The van der Waals surface area contributed by atoms with Crippen LogP contribution in [0.15, 0.2) is 30.3 Å². The molecule has 0 bridgehead atoms. The highest BCUT2D eigenvalue weighted by atomic mass is 16.5. The minimum atomic E-state index is -1.14. The van der Waals surface area contributed by atoms with Gasteiger partial charge in [-0.05, 0) is 43.2 Å². The number of nitrogens with one attached hydrogen (secondary N) is 3. The number of benzene rings is 1. The van der Waals surface area contributed by atoms with E-state index in [9.17, 15) is 29.1 Å². The molecule has 2 unspecified atom stereocenters. The van der Waals surface area contributed by atoms with E-state index < -0.39 is 60.2 Å². The molecule has 0 aliphatic carbocycles. The minimum absolute atomic E-state index is 0.0112. The van der Waals surface area contributed by atoms with Crippen LogP contribution in [0.3, 0.4) is 0 Å². The second kappa shape index (κ2) is 21.2. The summed E-state index contributed by atoms with van der Waals surface area (Å²) in [6, 6.07) is 5.84. The number of hydrogen-bond acceptors (Lipinski definition) is 8. The average molecular weight is 732 g/mol. The number of carboxylic acids is 1. The summed E-state index contributed by atoms with van der Waals surface area (Å²) < 4.78 is 11.8. The zero-order valence-corrected chi connectivity index (χ0v) is 33.2. The van der Waals surface area contributed by atoms with E-state index >= 15 is 0 Å². The summed E-state index contributed by atoms with van der Waals surface area (Å²) in [6.45, 7) is 13.9. The van der Waals surface area contributed by atoms with Crippen molar-refractivity contribution in [2.75, 3.05) is 34.9 Å². The summed E-state index contributed by atoms with van der Waals surface area (Å²) in [4.78, 5) is 70.3. The van der Waals surface area contributed by atoms with Crippen molar-refractivity contribution in [2.24, 2.45) is 23.7 Å². The third-order valence-corrected chi connectivity index (χ3v) is 10.6. The van der Waals surface area contributed by atoms with Crippen molar-refractivity contribution in [3.63, 3.8) is 0 Å². The maximum atomic E-state index is 14.1. The molecule has 0 aromatic heterocycles. The van der Waals surface area contributed by atoms with Gasteiger partial charge in [0.05, 0.1) is 42.7 Å². The van der Waals surface area contributed by atoms with Gasteiger partial charge in [-0.25, -0.2) is 4.79 Å². The van der Waals surface area contributed by atoms with E-state index in [1.165, 1.54) is 14.2 Å². The number of aliphatic carboxylic acids is 1. The first kappa shape index (κ1) is 44.6. The fourth-order valence-electron chi connectivity index (χ4n) is 7.40. The molecule has 1 saturated heterocycles. The molecule has 294 valence electrons. The zero-order valence-electron chi connectivity index (χ0n) is 33.2. The van der Waals surface area contributed by atoms with Gasteiger partial charge < -0.3 is 40.3 Å². The first-order valence-electron chi connectivity index (χ1n) is 18.7. The second-order valence-corrected chi connectivity index (χ2v) is 14.9. The van der Waals surface area contributed by atoms with Crippen molar-refractivity contribution in [3.8, 4) is 0 Å². The molecule has 1 aromatic rings. The number of amides is 4. The van der Waals surface area contributed by atoms with Gasteiger partial charge in [0, 0.05) is 34.2 Å². The standard InChI is InChI=1S/C39H65N5O8/c1-12-25(6)34(43(9)38(48)33(24(4)5)42-37(47)32(40-8)23(2)3)30(51-10)22-31(45)44-20-16-19-29(44)35(52-11)26(7)36(46)41-28(39(49)50)21-27-17-14-13-15-18-27/h13-15,17-18,23-26,28-30,32-35,40H,12,16,19-22H2,1-11H3,(H,41,46)(H,42,47)(H,49,50)/t25-,26+,28-,29-,30+,32?,33?,34-,35+/m0/s1. The van der Waals surface area contributed by atoms with Crippen molar-refractivity contribution in [1.82, 2.24) is 25.8 Å². The van der Waals surface area contributed by atoms with Gasteiger partial charge in [0.15, 0.2) is 0 Å². The third-order valence-electron chi connectivity index (χ3n) is 10.6. The number of hydrogen-bond donors (Lipinski definition) is 4. The van der Waals surface area contributed by atoms with Crippen LogP contribution in [0.4, 0.5) is 0 Å². The predicted molar refractivity (Wildman–Crippen MR) is 200 cm³/mol. The molecule has 52 heavy (non-hydrogen) atoms. The van der Waals surface area contributed by atoms with Crippen LogP contribution in [-0.2, 0) is 39.9 Å². The first-order chi connectivity index (χ1) is 24.5. The molecular weight excluding hydrogens is 666 g/mol. The highest BCUT2D eigenvalue weighted by Crippen LogP contribution is 2.29. The monoisotopic (exact) mass is 731 g/mol. The lowest BCUT2D eigenvalue weighted by molar-refractivity contribution is -0.148. The average Bonchev–Trinajstić information content (AvgIpc) is 3.59. The summed E-state index contributed by atoms with van der Waals surface area (Å²) in [5.74, 6) is -3.27. The lowest BCUT2D eigenvalue weighted by atomic mass is 9.89. The van der Waals surface area contributed by atoms with Crippen molar-refractivity contribution in [2.45, 2.75) is 123 Å². The molecule has 0 radical (unpaired) electrons. The Kier molecular flexibility index (Phi) is 18.2. The van der Waals surface area contributed by atoms with Crippen molar-refractivity contribution in [3.05, 3.63) is 35.9 Å². The number of methoxy groups -OCH3 is 2. The number of likely N-dealkylation sites (N-methyl/N-ethyl adjacent to an activating group) is 2. The van der Waals surface area contributed by atoms with Crippen molar-refractivity contribution >= 4 is 29.6 Å². The number of carbonyl (C=O) groups excluding carboxylic acids is 4. The van der Waals surface area contributed by atoms with Crippen LogP contribution in [0.2, 0.25) is 0 Å². The van der Waals surface area contributed by atoms with E-state index in [1.807, 2.05) is 71.9 Å². The van der Waals surface area contributed by atoms with E-state index in [2.05, 4.69) is 16.0 Å². The molecule has 1 aliphatic heterocycles. The van der Waals surface area contributed by atoms with Crippen molar-refractivity contribution in [1.29, 1.82) is 0 Å². The van der Waals surface area contributed by atoms with E-state index in [1.54, 1.807) is 30.8 Å². The molecule has 0 spiro atoms. The van der Waals surface area contributed by atoms with Gasteiger partial charge in [0.1, 0.15) is 12.1 Å². The second-order valence-electron chi connectivity index (χ2n) is 14.9. The number of carboxylic acid groups (broad SMARTS) is 1. The molecule has 1 fully saturated rings. The minimum Gasteiger partial charge on any atom is -0.480 e. The zero-order chi connectivity index (χ0) is 39.3. The molecule has 4 amide bonds. The normalized spacial score (nSPS) is 19.2. The Hall–Kier alpha value is -3.55. The summed E-state index contributed by atoms with van der Waals surface area (Å²) >= 11 is 0. The van der Waals surface area contributed by atoms with E-state index in [4.69, 9.17) is 9.47 Å². The Bertz CT molecular complexity index is 1310. The number of rotatable bonds is 21. The maximum absolute atomic E-state index is 14.1. The van der Waals surface area contributed by atoms with Gasteiger partial charge in [-0.1, -0.05) is 85.2 Å². The summed E-state index contributed by atoms with van der Waals surface area (Å²) in [5.41, 5.74) is 0.785. The SMILES string of the molecule is CC[C@H](C)[C@@H]([C@@H](CC(=O)N1CCC[C@H]1[C@H](OC)[C@@H](C)C(=O)N[C@@H](Cc1ccccc1)C(=O)O)OC)N(C)C(=O)C(NC(=O)C(NC)C(C)C)C(C)C. The molecule has 2 rings (SSSR count). The fraction of sp³-hybridized carbons (Fsp3) is 0.718. The summed E-state index contributed by atoms with van der Waals surface area (Å²) in [5, 5.41) is 18.5. The Labute approximate surface area is 310 Å². The van der Waals surface area contributed by atoms with E-state index in [0.717, 1.165) is 12.0 Å². The van der Waals surface area contributed by atoms with Crippen molar-refractivity contribution < 1.29 is 38.6 Å². The molecule has 1 heterocycles. The highest BCUT2D eigenvalue weighted by Gasteiger charge is 2.43. The molecular formula is C39H65N5O8. The van der Waals surface area contributed by atoms with E-state index in [0.29, 0.717) is 19.4 Å². The van der Waals surface area contributed by atoms with Crippen LogP contribution in [-0.4, -0.2) is 122 Å². The maximum Gasteiger partial charge on any atom is 0.326 e. The van der Waals surface area contributed by atoms with Gasteiger partial charge in [-0.2, -0.15) is 0 Å². The number of nitrogens with zero attached hydrogens (tertiary/aromatic N) is 2. The molecule has 9 atom stereocenters. The quantitative estimate of drug-likeness (QED) is 0.149. The third kappa shape index (κ3) is 11.7. The molecule has 13 heteroatoms. The molecule has 1 aliphatic rings. The summed E-state index contributed by atoms with van der Waals surface area (Å²) in [6.07, 6.45) is 0.818. The summed E-state index contributed by atoms with van der Waals surface area (Å²) in [7, 11) is 6.46. The van der Waals surface area contributed by atoms with Gasteiger partial charge >= 0.3 is 5.97 Å². The Morgan fingerprint density at radius 1 is 0.923 bits per heavy atom. The molecule has 1 aromatic carbocycles. The Balaban J connectivity index is 2.26. The van der Waals surface area contributed by atoms with Crippen LogP contribution in [0.1, 0.15) is 79.7 Å². The first-order valence-corrected chi connectivity index (χ1v) is 18.7. The molecule has 0 saturated carbocycles. The smallest absolute Gasteiger partial charge is 0.326 e. The van der Waals surface area contributed by atoms with Crippen LogP contribution in [0.25, 0.3) is 0 Å². The fourth-order valence-corrected chi connectivity index (χ4v) is 7.40. The Morgan fingerprint density at radius 3 is 2.04 bits per heavy atom.